The summed E-state index contributed by atoms with van der Waals surface area (Å²) in [6.45, 7) is 0. The molecule has 0 fully saturated rings. The van der Waals surface area contributed by atoms with Gasteiger partial charge in [-0.15, -0.1) is 0 Å². The molecule has 0 aromatic carbocycles. The summed E-state index contributed by atoms with van der Waals surface area (Å²) >= 11 is 0. The summed E-state index contributed by atoms with van der Waals surface area (Å²) in [6, 6.07) is 0. The molecule has 0 aromatic rings. The average Bonchev–Trinajstić information content (AvgIpc) is 0. The zero-order valence-electron chi connectivity index (χ0n) is 2.13. The monoisotopic (exact) mass is 399 g/mol. The van der Waals surface area contributed by atoms with Crippen LogP contribution in [0.15, 0.2) is 0 Å². The quantitative estimate of drug-likeness (QED) is 0.394. The van der Waals surface area contributed by atoms with Crippen molar-refractivity contribution in [2.24, 2.45) is 0 Å². The molecule has 4 heavy (non-hydrogen) atoms. The molecule has 0 heterocycles. The topological polar surface area (TPSA) is 36.5 Å². The maximum atomic E-state index is 0. The van der Waals surface area contributed by atoms with Crippen molar-refractivity contribution >= 4 is 0 Å². The third-order valence-electron chi connectivity index (χ3n) is 0. The van der Waals surface area contributed by atoms with E-state index in [0.29, 0.717) is 0 Å². The van der Waals surface area contributed by atoms with Gasteiger partial charge in [0.1, 0.15) is 0 Å². The summed E-state index contributed by atoms with van der Waals surface area (Å²) in [5.74, 6) is 0. The summed E-state index contributed by atoms with van der Waals surface area (Å²) in [5, 5.41) is 0. The van der Waals surface area contributed by atoms with E-state index < -0.39 is 0 Å². The van der Waals surface area contributed by atoms with Crippen LogP contribution in [0, 0.1) is 0 Å². The predicted octanol–water partition coefficient (Wildman–Crippen LogP) is -8.61. The first-order chi connectivity index (χ1) is 0. The van der Waals surface area contributed by atoms with Crippen LogP contribution in [-0.2, 0) is 0 Å². The van der Waals surface area contributed by atoms with Crippen LogP contribution >= 0.6 is 0 Å². The summed E-state index contributed by atoms with van der Waals surface area (Å²) in [4.78, 5) is 0. The highest BCUT2D eigenvalue weighted by Gasteiger charge is -0.369. The Hall–Kier alpha value is 2.15. The Morgan fingerprint density at radius 1 is 0.500 bits per heavy atom. The van der Waals surface area contributed by atoms with Gasteiger partial charge >= 0.3 is 0 Å². The minimum atomic E-state index is 0. The van der Waals surface area contributed by atoms with Gasteiger partial charge in [0.05, 0.1) is 0 Å². The van der Waals surface area contributed by atoms with E-state index in [0.717, 1.165) is 0 Å². The van der Waals surface area contributed by atoms with E-state index in [1.807, 2.05) is 0 Å². The van der Waals surface area contributed by atoms with Gasteiger partial charge in [-0.25, -0.2) is 0 Å². The third kappa shape index (κ3) is 8.91. The molecule has 0 rings (SSSR count). The van der Waals surface area contributed by atoms with Gasteiger partial charge in [-0.05, 0) is 0 Å². The van der Waals surface area contributed by atoms with E-state index in [4.69, 9.17) is 0 Å². The molecule has 0 aliphatic heterocycles. The largest absolute Gasteiger partial charge is 1.00 e. The van der Waals surface area contributed by atoms with Crippen LogP contribution < -0.4 is 78.1 Å². The minimum Gasteiger partial charge on any atom is -1.00 e. The first kappa shape index (κ1) is 35.3. The third-order valence-corrected chi connectivity index (χ3v) is 0. The lowest BCUT2D eigenvalue weighted by Gasteiger charge is -1.00. The molecule has 32 valence electrons. The number of hydrogen-bond acceptors (Lipinski definition) is 0. The molecule has 0 amide bonds. The molecule has 0 saturated heterocycles. The van der Waals surface area contributed by atoms with Crippen LogP contribution in [0.1, 0.15) is 0 Å². The second-order valence-corrected chi connectivity index (χ2v) is 0. The zero-order chi connectivity index (χ0) is 0. The Bertz CT molecular complexity index is 3.25. The van der Waals surface area contributed by atoms with Gasteiger partial charge in [0.15, 0.2) is 0 Å². The van der Waals surface area contributed by atoms with Gasteiger partial charge in [-0.2, -0.15) is 0 Å². The molecule has 0 bridgehead atoms. The highest BCUT2D eigenvalue weighted by molar-refractivity contribution is 2.13. The van der Waals surface area contributed by atoms with Crippen molar-refractivity contribution in [1.82, 2.24) is 6.15 Å². The Balaban J connectivity index is 0. The second kappa shape index (κ2) is 19.2. The first-order valence-corrected chi connectivity index (χ1v) is 0. The minimum absolute atomic E-state index is 0. The summed E-state index contributed by atoms with van der Waals surface area (Å²) in [7, 11) is 0. The Kier molecular flexibility index (Phi) is 169. The standard InChI is InChI=1S/3HI.H3N/h3*1H;1H3/p-2. The normalized spacial score (nSPS) is 0. The van der Waals surface area contributed by atoms with E-state index in [-0.39, 0.29) is 78.1 Å². The highest BCUT2D eigenvalue weighted by atomic mass is 127. The van der Waals surface area contributed by atoms with Crippen LogP contribution in [0.25, 0.3) is 0 Å². The van der Waals surface area contributed by atoms with E-state index >= 15 is 0 Å². The van der Waals surface area contributed by atoms with Gasteiger partial charge in [0, 0.05) is 0 Å². The van der Waals surface area contributed by atoms with E-state index in [1.165, 1.54) is 0 Å². The summed E-state index contributed by atoms with van der Waals surface area (Å²) in [6.07, 6.45) is 0. The molecular formula is H4I3N-2. The summed E-state index contributed by atoms with van der Waals surface area (Å²) in [5.41, 5.74) is 0. The molecular weight excluding hydrogens is 395 g/mol. The highest BCUT2D eigenvalue weighted by Crippen LogP contribution is -0.481. The van der Waals surface area contributed by atoms with Gasteiger partial charge in [0.2, 0.25) is 0 Å². The smallest absolute Gasteiger partial charge is 0.369 e. The summed E-state index contributed by atoms with van der Waals surface area (Å²) < 4.78 is 0. The van der Waals surface area contributed by atoms with Crippen molar-refractivity contribution in [2.45, 2.75) is 0 Å². The van der Waals surface area contributed by atoms with Crippen molar-refractivity contribution < 1.29 is 71.9 Å². The number of quaternary nitrogens is 1. The van der Waals surface area contributed by atoms with Gasteiger partial charge < -0.3 is 78.1 Å². The Morgan fingerprint density at radius 3 is 0.500 bits per heavy atom. The van der Waals surface area contributed by atoms with Crippen LogP contribution in [0.3, 0.4) is 0 Å². The van der Waals surface area contributed by atoms with Crippen molar-refractivity contribution in [3.8, 4) is 0 Å². The van der Waals surface area contributed by atoms with E-state index in [1.54, 1.807) is 0 Å². The molecule has 4 N–H and O–H groups in total. The molecule has 0 radical (unpaired) electrons. The molecule has 4 heteroatoms. The Morgan fingerprint density at radius 2 is 0.500 bits per heavy atom. The maximum absolute atomic E-state index is 0. The molecule has 0 aromatic heterocycles. The van der Waals surface area contributed by atoms with Crippen LogP contribution in [0.4, 0.5) is 0 Å². The predicted molar refractivity (Wildman–Crippen MR) is 5.98 cm³/mol. The number of halogens is 3. The molecule has 0 unspecified atom stereocenters. The molecule has 0 atom stereocenters. The average molecular weight is 399 g/mol. The fraction of sp³-hybridized carbons (Fsp3) is 0. The van der Waals surface area contributed by atoms with Crippen LogP contribution in [0.5, 0.6) is 0 Å². The molecule has 0 spiro atoms. The SMILES string of the molecule is [I-].[I-].[I-].[NH4+]. The Labute approximate surface area is 76.9 Å². The molecule has 0 saturated carbocycles. The van der Waals surface area contributed by atoms with Crippen LogP contribution in [-0.4, -0.2) is 0 Å². The van der Waals surface area contributed by atoms with E-state index in [2.05, 4.69) is 0 Å². The lowest BCUT2D eigenvalue weighted by atomic mass is 14.0. The fourth-order valence-electron chi connectivity index (χ4n) is 0. The first-order valence-electron chi connectivity index (χ1n) is 0. The molecule has 1 nitrogen and oxygen atoms in total. The number of hydrogen-bond donors (Lipinski definition) is 1. The van der Waals surface area contributed by atoms with Crippen molar-refractivity contribution in [2.75, 3.05) is 0 Å². The van der Waals surface area contributed by atoms with Gasteiger partial charge in [-0.3, -0.25) is 0 Å². The molecule has 0 aliphatic carbocycles. The van der Waals surface area contributed by atoms with Crippen molar-refractivity contribution in [3.63, 3.8) is 0 Å². The van der Waals surface area contributed by atoms with Gasteiger partial charge in [-0.1, -0.05) is 0 Å². The number of rotatable bonds is 0. The zero-order valence-corrected chi connectivity index (χ0v) is 8.61. The van der Waals surface area contributed by atoms with Gasteiger partial charge in [0.25, 0.3) is 0 Å². The lowest BCUT2D eigenvalue weighted by Crippen LogP contribution is -3.00. The fourth-order valence-corrected chi connectivity index (χ4v) is 0. The van der Waals surface area contributed by atoms with Crippen LogP contribution in [0.2, 0.25) is 0 Å². The van der Waals surface area contributed by atoms with E-state index in [9.17, 15) is 0 Å². The lowest BCUT2D eigenvalue weighted by molar-refractivity contribution is -0.001000. The second-order valence-electron chi connectivity index (χ2n) is 0. The van der Waals surface area contributed by atoms with Crippen molar-refractivity contribution in [1.29, 1.82) is 0 Å². The molecule has 0 aliphatic rings. The van der Waals surface area contributed by atoms with Crippen molar-refractivity contribution in [3.05, 3.63) is 0 Å². The maximum Gasteiger partial charge on any atom is -0.369 e.